The van der Waals surface area contributed by atoms with E-state index in [9.17, 15) is 4.79 Å². The summed E-state index contributed by atoms with van der Waals surface area (Å²) in [4.78, 5) is 10.3. The monoisotopic (exact) mass is 392 g/mol. The summed E-state index contributed by atoms with van der Waals surface area (Å²) in [6.07, 6.45) is 2.19. The molecular formula is C22H24N4O3. The summed E-state index contributed by atoms with van der Waals surface area (Å²) < 4.78 is 11.4. The number of hydrogen-bond donors (Lipinski definition) is 3. The van der Waals surface area contributed by atoms with Crippen molar-refractivity contribution >= 4 is 17.9 Å². The second-order valence-electron chi connectivity index (χ2n) is 7.03. The maximum Gasteiger partial charge on any atom is 0.207 e. The predicted molar refractivity (Wildman–Crippen MR) is 112 cm³/mol. The van der Waals surface area contributed by atoms with E-state index in [1.54, 1.807) is 7.11 Å². The van der Waals surface area contributed by atoms with Crippen LogP contribution >= 0.6 is 0 Å². The summed E-state index contributed by atoms with van der Waals surface area (Å²) in [5.74, 6) is 2.23. The van der Waals surface area contributed by atoms with Gasteiger partial charge in [0.05, 0.1) is 19.4 Å². The number of amides is 1. The zero-order valence-electron chi connectivity index (χ0n) is 16.5. The van der Waals surface area contributed by atoms with Gasteiger partial charge in [0.1, 0.15) is 0 Å². The Morgan fingerprint density at radius 2 is 2.14 bits per heavy atom. The van der Waals surface area contributed by atoms with Crippen molar-refractivity contribution in [1.29, 1.82) is 0 Å². The molecule has 7 heteroatoms. The molecule has 1 amide bonds. The Kier molecular flexibility index (Phi) is 5.37. The summed E-state index contributed by atoms with van der Waals surface area (Å²) in [5, 5.41) is 13.7. The van der Waals surface area contributed by atoms with Crippen molar-refractivity contribution in [3.63, 3.8) is 0 Å². The number of anilines is 2. The molecule has 0 radical (unpaired) electrons. The van der Waals surface area contributed by atoms with E-state index < -0.39 is 0 Å². The SMILES string of the molecule is COc1cc2c(cc1OCCCNC=O)Cc1c(Nc3cccc(C)c3)n[nH]c1-2. The van der Waals surface area contributed by atoms with Crippen molar-refractivity contribution < 1.29 is 14.3 Å². The van der Waals surface area contributed by atoms with Crippen LogP contribution in [0.2, 0.25) is 0 Å². The van der Waals surface area contributed by atoms with E-state index in [1.807, 2.05) is 24.3 Å². The van der Waals surface area contributed by atoms with Gasteiger partial charge in [-0.05, 0) is 48.7 Å². The lowest BCUT2D eigenvalue weighted by molar-refractivity contribution is -0.109. The molecule has 0 saturated carbocycles. The molecule has 3 N–H and O–H groups in total. The van der Waals surface area contributed by atoms with Gasteiger partial charge in [-0.1, -0.05) is 12.1 Å². The first-order chi connectivity index (χ1) is 14.2. The number of fused-ring (bicyclic) bond motifs is 3. The smallest absolute Gasteiger partial charge is 0.207 e. The summed E-state index contributed by atoms with van der Waals surface area (Å²) in [6, 6.07) is 12.2. The molecule has 0 saturated heterocycles. The van der Waals surface area contributed by atoms with E-state index in [0.29, 0.717) is 31.1 Å². The first-order valence-electron chi connectivity index (χ1n) is 9.61. The zero-order chi connectivity index (χ0) is 20.2. The first kappa shape index (κ1) is 18.9. The van der Waals surface area contributed by atoms with Gasteiger partial charge in [-0.25, -0.2) is 0 Å². The van der Waals surface area contributed by atoms with Crippen molar-refractivity contribution in [1.82, 2.24) is 15.5 Å². The fourth-order valence-electron chi connectivity index (χ4n) is 3.58. The highest BCUT2D eigenvalue weighted by Crippen LogP contribution is 2.44. The van der Waals surface area contributed by atoms with Crippen molar-refractivity contribution in [3.05, 3.63) is 53.1 Å². The van der Waals surface area contributed by atoms with Crippen LogP contribution in [-0.2, 0) is 11.2 Å². The number of rotatable bonds is 9. The number of H-pyrrole nitrogens is 1. The number of aryl methyl sites for hydroxylation is 1. The average Bonchev–Trinajstić information content (AvgIpc) is 3.26. The number of nitrogens with one attached hydrogen (secondary N) is 3. The molecule has 4 rings (SSSR count). The molecule has 1 aliphatic rings. The number of methoxy groups -OCH3 is 1. The number of carbonyl (C=O) groups is 1. The van der Waals surface area contributed by atoms with E-state index in [-0.39, 0.29) is 0 Å². The Bertz CT molecular complexity index is 1030. The van der Waals surface area contributed by atoms with Gasteiger partial charge < -0.3 is 20.1 Å². The highest BCUT2D eigenvalue weighted by Gasteiger charge is 2.27. The minimum absolute atomic E-state index is 0.503. The average molecular weight is 392 g/mol. The van der Waals surface area contributed by atoms with E-state index >= 15 is 0 Å². The molecule has 3 aromatic rings. The predicted octanol–water partition coefficient (Wildman–Crippen LogP) is 3.56. The molecule has 0 spiro atoms. The molecule has 2 aromatic carbocycles. The molecule has 0 aliphatic heterocycles. The largest absolute Gasteiger partial charge is 0.493 e. The number of aromatic amines is 1. The van der Waals surface area contributed by atoms with Gasteiger partial charge in [0.15, 0.2) is 17.3 Å². The van der Waals surface area contributed by atoms with Gasteiger partial charge in [-0.3, -0.25) is 9.89 Å². The lowest BCUT2D eigenvalue weighted by Crippen LogP contribution is -2.15. The molecule has 0 bridgehead atoms. The Morgan fingerprint density at radius 1 is 1.24 bits per heavy atom. The van der Waals surface area contributed by atoms with Gasteiger partial charge >= 0.3 is 0 Å². The van der Waals surface area contributed by atoms with E-state index in [2.05, 4.69) is 39.9 Å². The van der Waals surface area contributed by atoms with Crippen LogP contribution in [-0.4, -0.2) is 36.9 Å². The Hall–Kier alpha value is -3.48. The third-order valence-corrected chi connectivity index (χ3v) is 4.98. The molecule has 29 heavy (non-hydrogen) atoms. The molecule has 0 fully saturated rings. The van der Waals surface area contributed by atoms with E-state index in [4.69, 9.17) is 9.47 Å². The topological polar surface area (TPSA) is 88.3 Å². The van der Waals surface area contributed by atoms with Crippen LogP contribution in [0.15, 0.2) is 36.4 Å². The molecule has 7 nitrogen and oxygen atoms in total. The highest BCUT2D eigenvalue weighted by molar-refractivity contribution is 5.81. The van der Waals surface area contributed by atoms with Crippen LogP contribution in [0.25, 0.3) is 11.3 Å². The maximum absolute atomic E-state index is 10.3. The standard InChI is InChI=1S/C22H24N4O3/c1-14-5-3-6-16(9-14)24-22-18-10-15-11-20(29-8-4-7-23-13-27)19(28-2)12-17(15)21(18)25-26-22/h3,5-6,9,11-13H,4,7-8,10H2,1-2H3,(H,23,27)(H2,24,25,26). The molecule has 1 aliphatic carbocycles. The van der Waals surface area contributed by atoms with E-state index in [0.717, 1.165) is 41.2 Å². The number of benzene rings is 2. The lowest BCUT2D eigenvalue weighted by Gasteiger charge is -2.13. The number of carbonyl (C=O) groups excluding carboxylic acids is 1. The fraction of sp³-hybridized carbons (Fsp3) is 0.273. The molecule has 0 atom stereocenters. The summed E-state index contributed by atoms with van der Waals surface area (Å²) in [5.41, 5.74) is 6.60. The van der Waals surface area contributed by atoms with Gasteiger partial charge in [0.25, 0.3) is 0 Å². The molecular weight excluding hydrogens is 368 g/mol. The van der Waals surface area contributed by atoms with Gasteiger partial charge in [0, 0.05) is 29.8 Å². The van der Waals surface area contributed by atoms with Crippen LogP contribution in [0, 0.1) is 6.92 Å². The third-order valence-electron chi connectivity index (χ3n) is 4.98. The highest BCUT2D eigenvalue weighted by atomic mass is 16.5. The number of nitrogens with zero attached hydrogens (tertiary/aromatic N) is 1. The maximum atomic E-state index is 10.3. The van der Waals surface area contributed by atoms with Crippen LogP contribution in [0.3, 0.4) is 0 Å². The van der Waals surface area contributed by atoms with Crippen molar-refractivity contribution in [2.75, 3.05) is 25.6 Å². The normalized spacial score (nSPS) is 11.5. The summed E-state index contributed by atoms with van der Waals surface area (Å²) >= 11 is 0. The quantitative estimate of drug-likeness (QED) is 0.299. The van der Waals surface area contributed by atoms with Crippen LogP contribution < -0.4 is 20.1 Å². The van der Waals surface area contributed by atoms with Gasteiger partial charge in [-0.2, -0.15) is 5.10 Å². The Labute approximate surface area is 169 Å². The minimum Gasteiger partial charge on any atom is -0.493 e. The van der Waals surface area contributed by atoms with Crippen molar-refractivity contribution in [2.24, 2.45) is 0 Å². The van der Waals surface area contributed by atoms with Crippen LogP contribution in [0.4, 0.5) is 11.5 Å². The second kappa shape index (κ2) is 8.26. The fourth-order valence-corrected chi connectivity index (χ4v) is 3.58. The Morgan fingerprint density at radius 3 is 2.93 bits per heavy atom. The summed E-state index contributed by atoms with van der Waals surface area (Å²) in [7, 11) is 1.63. The Balaban J connectivity index is 1.54. The minimum atomic E-state index is 0.503. The number of aromatic nitrogens is 2. The zero-order valence-corrected chi connectivity index (χ0v) is 16.5. The third kappa shape index (κ3) is 3.89. The molecule has 1 aromatic heterocycles. The van der Waals surface area contributed by atoms with E-state index in [1.165, 1.54) is 11.1 Å². The van der Waals surface area contributed by atoms with Crippen LogP contribution in [0.5, 0.6) is 11.5 Å². The molecule has 150 valence electrons. The van der Waals surface area contributed by atoms with Crippen molar-refractivity contribution in [3.8, 4) is 22.8 Å². The van der Waals surface area contributed by atoms with Crippen molar-refractivity contribution in [2.45, 2.75) is 19.8 Å². The second-order valence-corrected chi connectivity index (χ2v) is 7.03. The number of ether oxygens (including phenoxy) is 2. The lowest BCUT2D eigenvalue weighted by atomic mass is 10.1. The number of hydrogen-bond acceptors (Lipinski definition) is 5. The van der Waals surface area contributed by atoms with Crippen LogP contribution in [0.1, 0.15) is 23.1 Å². The molecule has 1 heterocycles. The van der Waals surface area contributed by atoms with Gasteiger partial charge in [0.2, 0.25) is 6.41 Å². The molecule has 0 unspecified atom stereocenters. The first-order valence-corrected chi connectivity index (χ1v) is 9.61. The van der Waals surface area contributed by atoms with Gasteiger partial charge in [-0.15, -0.1) is 0 Å². The summed E-state index contributed by atoms with van der Waals surface area (Å²) in [6.45, 7) is 3.16.